The maximum atomic E-state index is 12.1. The molecule has 16 heavy (non-hydrogen) atoms. The molecule has 0 aliphatic carbocycles. The predicted octanol–water partition coefficient (Wildman–Crippen LogP) is 1.12. The zero-order valence-corrected chi connectivity index (χ0v) is 10.8. The number of carboxylic acids is 1. The van der Waals surface area contributed by atoms with Gasteiger partial charge in [-0.1, -0.05) is 6.92 Å². The summed E-state index contributed by atoms with van der Waals surface area (Å²) in [5.41, 5.74) is -2.21. The molecule has 94 valence electrons. The van der Waals surface area contributed by atoms with Crippen LogP contribution in [-0.4, -0.2) is 47.2 Å². The van der Waals surface area contributed by atoms with Crippen molar-refractivity contribution in [2.75, 3.05) is 14.2 Å². The van der Waals surface area contributed by atoms with Crippen molar-refractivity contribution in [1.82, 2.24) is 4.90 Å². The van der Waals surface area contributed by atoms with Crippen LogP contribution in [0, 0.1) is 0 Å². The summed E-state index contributed by atoms with van der Waals surface area (Å²) in [5, 5.41) is 9.04. The van der Waals surface area contributed by atoms with Gasteiger partial charge < -0.3 is 14.7 Å². The van der Waals surface area contributed by atoms with E-state index in [1.165, 1.54) is 32.9 Å². The number of ether oxygens (including phenoxy) is 1. The van der Waals surface area contributed by atoms with E-state index in [9.17, 15) is 9.59 Å². The van der Waals surface area contributed by atoms with Gasteiger partial charge in [0.1, 0.15) is 11.1 Å². The minimum Gasteiger partial charge on any atom is -0.480 e. The van der Waals surface area contributed by atoms with Gasteiger partial charge in [-0.15, -0.1) is 0 Å². The lowest BCUT2D eigenvalue weighted by Crippen LogP contribution is -2.57. The molecule has 0 aliphatic rings. The fraction of sp³-hybridized carbons (Fsp3) is 0.818. The van der Waals surface area contributed by atoms with E-state index in [-0.39, 0.29) is 5.91 Å². The van der Waals surface area contributed by atoms with Crippen LogP contribution in [0.15, 0.2) is 0 Å². The van der Waals surface area contributed by atoms with Gasteiger partial charge in [0.15, 0.2) is 0 Å². The first-order valence-electron chi connectivity index (χ1n) is 5.20. The molecule has 0 fully saturated rings. The van der Waals surface area contributed by atoms with Crippen LogP contribution in [-0.2, 0) is 14.3 Å². The van der Waals surface area contributed by atoms with Crippen LogP contribution < -0.4 is 0 Å². The van der Waals surface area contributed by atoms with E-state index in [1.807, 2.05) is 6.92 Å². The Labute approximate surface area is 96.4 Å². The topological polar surface area (TPSA) is 66.8 Å². The molecular formula is C11H21NO4. The van der Waals surface area contributed by atoms with Crippen LogP contribution in [0.3, 0.4) is 0 Å². The summed E-state index contributed by atoms with van der Waals surface area (Å²) < 4.78 is 5.16. The van der Waals surface area contributed by atoms with Crippen molar-refractivity contribution >= 4 is 11.9 Å². The minimum atomic E-state index is -1.24. The second-order valence-corrected chi connectivity index (χ2v) is 4.52. The van der Waals surface area contributed by atoms with E-state index in [2.05, 4.69) is 0 Å². The molecule has 0 aromatic carbocycles. The lowest BCUT2D eigenvalue weighted by Gasteiger charge is -2.37. The first-order valence-corrected chi connectivity index (χ1v) is 5.20. The Hall–Kier alpha value is -1.10. The lowest BCUT2D eigenvalue weighted by molar-refractivity contribution is -0.166. The molecule has 0 aromatic heterocycles. The van der Waals surface area contributed by atoms with Gasteiger partial charge in [-0.05, 0) is 27.2 Å². The molecule has 0 radical (unpaired) electrons. The number of rotatable bonds is 5. The number of hydrogen-bond acceptors (Lipinski definition) is 3. The third-order valence-corrected chi connectivity index (χ3v) is 3.24. The molecule has 0 rings (SSSR count). The first-order chi connectivity index (χ1) is 7.13. The zero-order chi connectivity index (χ0) is 13.1. The Kier molecular flexibility index (Phi) is 4.49. The van der Waals surface area contributed by atoms with E-state index in [0.29, 0.717) is 6.42 Å². The molecule has 0 saturated heterocycles. The maximum Gasteiger partial charge on any atom is 0.329 e. The highest BCUT2D eigenvalue weighted by Gasteiger charge is 2.42. The molecule has 0 heterocycles. The largest absolute Gasteiger partial charge is 0.480 e. The molecule has 0 spiro atoms. The highest BCUT2D eigenvalue weighted by Crippen LogP contribution is 2.22. The van der Waals surface area contributed by atoms with Gasteiger partial charge in [0.25, 0.3) is 5.91 Å². The molecule has 0 bridgehead atoms. The van der Waals surface area contributed by atoms with Crippen molar-refractivity contribution in [1.29, 1.82) is 0 Å². The van der Waals surface area contributed by atoms with Crippen LogP contribution >= 0.6 is 0 Å². The van der Waals surface area contributed by atoms with Crippen molar-refractivity contribution in [2.24, 2.45) is 0 Å². The Morgan fingerprint density at radius 2 is 1.75 bits per heavy atom. The molecule has 1 amide bonds. The predicted molar refractivity (Wildman–Crippen MR) is 60.2 cm³/mol. The van der Waals surface area contributed by atoms with Crippen molar-refractivity contribution in [3.63, 3.8) is 0 Å². The quantitative estimate of drug-likeness (QED) is 0.770. The first kappa shape index (κ1) is 14.9. The van der Waals surface area contributed by atoms with Crippen LogP contribution in [0.1, 0.15) is 34.1 Å². The van der Waals surface area contributed by atoms with Gasteiger partial charge in [0, 0.05) is 14.2 Å². The van der Waals surface area contributed by atoms with Gasteiger partial charge in [-0.2, -0.15) is 0 Å². The third-order valence-electron chi connectivity index (χ3n) is 3.24. The van der Waals surface area contributed by atoms with Crippen molar-refractivity contribution in [2.45, 2.75) is 45.3 Å². The van der Waals surface area contributed by atoms with Crippen LogP contribution in [0.4, 0.5) is 0 Å². The Morgan fingerprint density at radius 3 is 2.00 bits per heavy atom. The Bertz CT molecular complexity index is 282. The SMILES string of the molecule is CCC(C)(OC)C(=O)N(C)C(C)(C)C(=O)O. The number of aliphatic carboxylic acids is 1. The molecule has 1 unspecified atom stereocenters. The third kappa shape index (κ3) is 2.52. The fourth-order valence-electron chi connectivity index (χ4n) is 1.13. The number of carbonyl (C=O) groups is 2. The highest BCUT2D eigenvalue weighted by molar-refractivity contribution is 5.90. The van der Waals surface area contributed by atoms with E-state index < -0.39 is 17.1 Å². The van der Waals surface area contributed by atoms with Gasteiger partial charge in [-0.3, -0.25) is 4.79 Å². The number of likely N-dealkylation sites (N-methyl/N-ethyl adjacent to an activating group) is 1. The van der Waals surface area contributed by atoms with Gasteiger partial charge in [-0.25, -0.2) is 4.79 Å². The Balaban J connectivity index is 5.08. The molecule has 0 aromatic rings. The van der Waals surface area contributed by atoms with Crippen molar-refractivity contribution < 1.29 is 19.4 Å². The van der Waals surface area contributed by atoms with Gasteiger partial charge >= 0.3 is 5.97 Å². The molecular weight excluding hydrogens is 210 g/mol. The standard InChI is InChI=1S/C11H21NO4/c1-7-11(4,16-6)8(13)12(5)10(2,3)9(14)15/h7H2,1-6H3,(H,14,15). The van der Waals surface area contributed by atoms with Crippen molar-refractivity contribution in [3.8, 4) is 0 Å². The number of carboxylic acid groups (broad SMARTS) is 1. The van der Waals surface area contributed by atoms with E-state index in [1.54, 1.807) is 6.92 Å². The number of methoxy groups -OCH3 is 1. The minimum absolute atomic E-state index is 0.329. The second kappa shape index (κ2) is 4.82. The number of carbonyl (C=O) groups excluding carboxylic acids is 1. The summed E-state index contributed by atoms with van der Waals surface area (Å²) in [6.45, 7) is 6.45. The van der Waals surface area contributed by atoms with Crippen LogP contribution in [0.2, 0.25) is 0 Å². The summed E-state index contributed by atoms with van der Waals surface area (Å²) in [7, 11) is 2.92. The molecule has 1 atom stereocenters. The summed E-state index contributed by atoms with van der Waals surface area (Å²) in [4.78, 5) is 24.4. The summed E-state index contributed by atoms with van der Waals surface area (Å²) in [6.07, 6.45) is 0.488. The molecule has 0 aliphatic heterocycles. The highest BCUT2D eigenvalue weighted by atomic mass is 16.5. The van der Waals surface area contributed by atoms with Gasteiger partial charge in [0.05, 0.1) is 0 Å². The lowest BCUT2D eigenvalue weighted by atomic mass is 9.96. The average molecular weight is 231 g/mol. The molecule has 5 heteroatoms. The summed E-state index contributed by atoms with van der Waals surface area (Å²) >= 11 is 0. The normalized spacial score (nSPS) is 15.4. The number of hydrogen-bond donors (Lipinski definition) is 1. The molecule has 0 saturated carbocycles. The van der Waals surface area contributed by atoms with E-state index in [0.717, 1.165) is 0 Å². The summed E-state index contributed by atoms with van der Waals surface area (Å²) in [6, 6.07) is 0. The van der Waals surface area contributed by atoms with Crippen LogP contribution in [0.5, 0.6) is 0 Å². The van der Waals surface area contributed by atoms with E-state index in [4.69, 9.17) is 9.84 Å². The number of nitrogens with zero attached hydrogens (tertiary/aromatic N) is 1. The summed E-state index contributed by atoms with van der Waals surface area (Å²) in [5.74, 6) is -1.37. The van der Waals surface area contributed by atoms with E-state index >= 15 is 0 Å². The average Bonchev–Trinajstić information content (AvgIpc) is 2.25. The Morgan fingerprint density at radius 1 is 1.31 bits per heavy atom. The van der Waals surface area contributed by atoms with Crippen LogP contribution in [0.25, 0.3) is 0 Å². The molecule has 5 nitrogen and oxygen atoms in total. The second-order valence-electron chi connectivity index (χ2n) is 4.52. The van der Waals surface area contributed by atoms with Gasteiger partial charge in [0.2, 0.25) is 0 Å². The number of amides is 1. The zero-order valence-electron chi connectivity index (χ0n) is 10.8. The monoisotopic (exact) mass is 231 g/mol. The van der Waals surface area contributed by atoms with Crippen molar-refractivity contribution in [3.05, 3.63) is 0 Å². The smallest absolute Gasteiger partial charge is 0.329 e. The fourth-order valence-corrected chi connectivity index (χ4v) is 1.13. The maximum absolute atomic E-state index is 12.1. The molecule has 1 N–H and O–H groups in total.